The normalized spacial score (nSPS) is 19.8. The number of hydrogen-bond acceptors (Lipinski definition) is 10. The first-order valence-corrected chi connectivity index (χ1v) is 18.5. The molecule has 1 saturated heterocycles. The number of ether oxygens (including phenoxy) is 1. The van der Waals surface area contributed by atoms with E-state index >= 15 is 0 Å². The molecule has 5 amide bonds. The number of Topliss-reactive ketones (excluding diaryl/α,β-unsaturated/α-hetero) is 1. The maximum absolute atomic E-state index is 14.7. The van der Waals surface area contributed by atoms with Gasteiger partial charge in [-0.05, 0) is 70.6 Å². The molecule has 294 valence electrons. The summed E-state index contributed by atoms with van der Waals surface area (Å²) in [6.07, 6.45) is 6.76. The second-order valence-electron chi connectivity index (χ2n) is 16.6. The number of fused-ring (bicyclic) bond motifs is 1. The van der Waals surface area contributed by atoms with Crippen LogP contribution in [-0.2, 0) is 19.2 Å². The lowest BCUT2D eigenvalue weighted by Crippen LogP contribution is -2.61. The van der Waals surface area contributed by atoms with Crippen LogP contribution in [0.15, 0.2) is 36.5 Å². The summed E-state index contributed by atoms with van der Waals surface area (Å²) in [5.74, 6) is -1.41. The predicted octanol–water partition coefficient (Wildman–Crippen LogP) is 4.24. The minimum Gasteiger partial charge on any atom is -0.497 e. The number of benzene rings is 1. The van der Waals surface area contributed by atoms with Gasteiger partial charge in [-0.25, -0.2) is 9.78 Å². The van der Waals surface area contributed by atoms with E-state index in [2.05, 4.69) is 31.9 Å². The number of likely N-dealkylation sites (tertiary alicyclic amines) is 1. The van der Waals surface area contributed by atoms with Crippen molar-refractivity contribution in [1.29, 1.82) is 5.41 Å². The fourth-order valence-electron chi connectivity index (χ4n) is 6.45. The summed E-state index contributed by atoms with van der Waals surface area (Å²) in [5, 5.41) is 26.0. The SMILES string of the molecule is CCC[C@H](NC(=O)[C@@H]1C[C@](C)(Nc2cc(N/C=C\C=N)nc3cc(OC)ccc23)CN1C(=O)[C@@H](NC(=O)NC(C)(C)C)C(C)(C)C)C(=O)C(=O)NC1CC1. The van der Waals surface area contributed by atoms with E-state index in [0.29, 0.717) is 29.2 Å². The average molecular weight is 748 g/mol. The highest BCUT2D eigenvalue weighted by atomic mass is 16.5. The molecule has 15 nitrogen and oxygen atoms in total. The van der Waals surface area contributed by atoms with Gasteiger partial charge in [-0.3, -0.25) is 19.2 Å². The zero-order valence-electron chi connectivity index (χ0n) is 32.9. The molecule has 4 atom stereocenters. The van der Waals surface area contributed by atoms with Crippen LogP contribution in [0.25, 0.3) is 10.9 Å². The van der Waals surface area contributed by atoms with E-state index < -0.39 is 64.2 Å². The van der Waals surface area contributed by atoms with Crippen LogP contribution in [0.2, 0.25) is 0 Å². The lowest BCUT2D eigenvalue weighted by Gasteiger charge is -2.36. The van der Waals surface area contributed by atoms with Crippen molar-refractivity contribution < 1.29 is 28.7 Å². The quantitative estimate of drug-likeness (QED) is 0.103. The van der Waals surface area contributed by atoms with Crippen LogP contribution in [0.1, 0.15) is 87.5 Å². The monoisotopic (exact) mass is 747 g/mol. The van der Waals surface area contributed by atoms with Crippen molar-refractivity contribution in [2.75, 3.05) is 24.3 Å². The molecule has 15 heteroatoms. The Kier molecular flexibility index (Phi) is 13.0. The number of rotatable bonds is 15. The summed E-state index contributed by atoms with van der Waals surface area (Å²) >= 11 is 0. The van der Waals surface area contributed by atoms with Gasteiger partial charge >= 0.3 is 6.03 Å². The Bertz CT molecular complexity index is 1780. The second kappa shape index (κ2) is 16.9. The minimum absolute atomic E-state index is 0.0282. The van der Waals surface area contributed by atoms with E-state index in [1.54, 1.807) is 25.4 Å². The van der Waals surface area contributed by atoms with Gasteiger partial charge in [0.25, 0.3) is 5.91 Å². The third-order valence-electron chi connectivity index (χ3n) is 9.23. The van der Waals surface area contributed by atoms with Gasteiger partial charge in [0.15, 0.2) is 0 Å². The van der Waals surface area contributed by atoms with Crippen LogP contribution < -0.4 is 36.6 Å². The highest BCUT2D eigenvalue weighted by Crippen LogP contribution is 2.37. The molecule has 0 bridgehead atoms. The molecule has 0 spiro atoms. The largest absolute Gasteiger partial charge is 0.497 e. The molecule has 1 aliphatic carbocycles. The molecule has 2 heterocycles. The van der Waals surface area contributed by atoms with Crippen LogP contribution in [0.3, 0.4) is 0 Å². The van der Waals surface area contributed by atoms with Crippen molar-refractivity contribution in [3.05, 3.63) is 36.5 Å². The fraction of sp³-hybridized carbons (Fsp3) is 0.564. The number of nitrogens with zero attached hydrogens (tertiary/aromatic N) is 2. The Morgan fingerprint density at radius 2 is 1.78 bits per heavy atom. The first-order valence-electron chi connectivity index (χ1n) is 18.5. The zero-order valence-corrected chi connectivity index (χ0v) is 32.9. The number of carbonyl (C=O) groups is 5. The number of urea groups is 1. The maximum atomic E-state index is 14.7. The first kappa shape index (κ1) is 41.5. The summed E-state index contributed by atoms with van der Waals surface area (Å²) < 4.78 is 5.44. The number of nitrogens with one attached hydrogen (secondary N) is 7. The molecule has 54 heavy (non-hydrogen) atoms. The number of hydrogen-bond donors (Lipinski definition) is 7. The minimum atomic E-state index is -1.08. The summed E-state index contributed by atoms with van der Waals surface area (Å²) in [5.41, 5.74) is -0.957. The van der Waals surface area contributed by atoms with Gasteiger partial charge in [0.2, 0.25) is 17.6 Å². The van der Waals surface area contributed by atoms with Crippen molar-refractivity contribution in [2.24, 2.45) is 5.41 Å². The van der Waals surface area contributed by atoms with Gasteiger partial charge < -0.3 is 46.9 Å². The lowest BCUT2D eigenvalue weighted by atomic mass is 9.85. The van der Waals surface area contributed by atoms with Crippen LogP contribution in [-0.4, -0.2) is 94.5 Å². The van der Waals surface area contributed by atoms with E-state index in [9.17, 15) is 24.0 Å². The molecule has 0 radical (unpaired) electrons. The van der Waals surface area contributed by atoms with Crippen molar-refractivity contribution >= 4 is 58.2 Å². The summed E-state index contributed by atoms with van der Waals surface area (Å²) in [6, 6.07) is 3.56. The highest BCUT2D eigenvalue weighted by Gasteiger charge is 2.50. The molecule has 2 fully saturated rings. The van der Waals surface area contributed by atoms with Crippen molar-refractivity contribution in [1.82, 2.24) is 31.2 Å². The number of methoxy groups -OCH3 is 1. The standard InChI is InChI=1S/C39H57N9O6/c1-10-12-26(31(49)34(51)42-23-13-14-23)44-33(50)29-21-39(8,22-48(29)35(52)32(37(2,3)4)45-36(53)47-38(5,6)7)46-28-20-30(41-18-11-17-40)43-27-19-24(54-9)15-16-25(27)28/h11,15-20,23,26,29,32,40H,10,12-14,21-22H2,1-9H3,(H,42,51)(H,44,50)(H2,41,43,46)(H2,45,47,53)/b18-11-,40-17?/t26-,29-,32+,39-/m0/s1. The number of aromatic nitrogens is 1. The third-order valence-corrected chi connectivity index (χ3v) is 9.23. The molecule has 2 aliphatic rings. The first-order chi connectivity index (χ1) is 25.3. The van der Waals surface area contributed by atoms with Gasteiger partial charge in [-0.2, -0.15) is 0 Å². The molecule has 0 unspecified atom stereocenters. The number of anilines is 2. The average Bonchev–Trinajstić information content (AvgIpc) is 3.83. The number of allylic oxidation sites excluding steroid dienone is 1. The Labute approximate surface area is 317 Å². The molecule has 2 aromatic rings. The Morgan fingerprint density at radius 3 is 2.37 bits per heavy atom. The Morgan fingerprint density at radius 1 is 1.07 bits per heavy atom. The molecular formula is C39H57N9O6. The molecule has 1 aromatic heterocycles. The number of amides is 5. The van der Waals surface area contributed by atoms with E-state index in [0.717, 1.165) is 24.4 Å². The Hall–Kier alpha value is -5.21. The molecular weight excluding hydrogens is 690 g/mol. The highest BCUT2D eigenvalue weighted by molar-refractivity contribution is 6.38. The maximum Gasteiger partial charge on any atom is 0.315 e. The van der Waals surface area contributed by atoms with Gasteiger partial charge in [0.1, 0.15) is 23.7 Å². The van der Waals surface area contributed by atoms with Gasteiger partial charge in [-0.15, -0.1) is 0 Å². The van der Waals surface area contributed by atoms with Gasteiger partial charge in [-0.1, -0.05) is 34.1 Å². The summed E-state index contributed by atoms with van der Waals surface area (Å²) in [7, 11) is 1.57. The van der Waals surface area contributed by atoms with Crippen LogP contribution in [0.4, 0.5) is 16.3 Å². The van der Waals surface area contributed by atoms with E-state index in [4.69, 9.17) is 15.1 Å². The smallest absolute Gasteiger partial charge is 0.315 e. The number of pyridine rings is 1. The van der Waals surface area contributed by atoms with Crippen molar-refractivity contribution in [3.63, 3.8) is 0 Å². The molecule has 1 aliphatic heterocycles. The van der Waals surface area contributed by atoms with Crippen molar-refractivity contribution in [3.8, 4) is 5.75 Å². The van der Waals surface area contributed by atoms with Crippen molar-refractivity contribution in [2.45, 2.75) is 123 Å². The number of ketones is 1. The van der Waals surface area contributed by atoms with Crippen LogP contribution in [0.5, 0.6) is 5.75 Å². The molecule has 1 aromatic carbocycles. The topological polar surface area (TPSA) is 207 Å². The summed E-state index contributed by atoms with van der Waals surface area (Å²) in [6.45, 7) is 14.8. The fourth-order valence-corrected chi connectivity index (χ4v) is 6.45. The predicted molar refractivity (Wildman–Crippen MR) is 210 cm³/mol. The van der Waals surface area contributed by atoms with E-state index in [1.165, 1.54) is 11.0 Å². The van der Waals surface area contributed by atoms with Gasteiger partial charge in [0.05, 0.1) is 24.2 Å². The van der Waals surface area contributed by atoms with Crippen LogP contribution >= 0.6 is 0 Å². The molecule has 1 saturated carbocycles. The Balaban J connectivity index is 1.73. The third kappa shape index (κ3) is 10.9. The summed E-state index contributed by atoms with van der Waals surface area (Å²) in [4.78, 5) is 74.4. The zero-order chi connectivity index (χ0) is 40.0. The second-order valence-corrected chi connectivity index (χ2v) is 16.6. The van der Waals surface area contributed by atoms with Gasteiger partial charge in [0, 0.05) is 60.2 Å². The lowest BCUT2D eigenvalue weighted by molar-refractivity contribution is -0.144. The molecule has 4 rings (SSSR count). The number of carbonyl (C=O) groups excluding carboxylic acids is 5. The van der Waals surface area contributed by atoms with Crippen LogP contribution in [0, 0.1) is 10.8 Å². The molecule has 7 N–H and O–H groups in total. The van der Waals surface area contributed by atoms with E-state index in [-0.39, 0.29) is 25.4 Å². The van der Waals surface area contributed by atoms with E-state index in [1.807, 2.05) is 67.5 Å².